The Balaban J connectivity index is 1.74. The molecule has 1 N–H and O–H groups in total. The van der Waals surface area contributed by atoms with Gasteiger partial charge in [0.25, 0.3) is 5.91 Å². The molecule has 7 nitrogen and oxygen atoms in total. The molecule has 0 spiro atoms. The standard InChI is InChI=1S/C21H23NO6/c1-4-26-21(25)16-6-8-17(9-7-16)22-19(23)12-28-20(24)13-27-18-10-5-14(2)15(3)11-18/h5-11H,4,12-13H2,1-3H3,(H,22,23). The van der Waals surface area contributed by atoms with E-state index in [2.05, 4.69) is 5.32 Å². The molecule has 0 atom stereocenters. The maximum atomic E-state index is 11.9. The smallest absolute Gasteiger partial charge is 0.344 e. The fourth-order valence-electron chi connectivity index (χ4n) is 2.23. The summed E-state index contributed by atoms with van der Waals surface area (Å²) >= 11 is 0. The zero-order chi connectivity index (χ0) is 20.5. The van der Waals surface area contributed by atoms with Crippen LogP contribution in [-0.4, -0.2) is 37.7 Å². The first-order valence-electron chi connectivity index (χ1n) is 8.81. The predicted molar refractivity (Wildman–Crippen MR) is 103 cm³/mol. The number of benzene rings is 2. The van der Waals surface area contributed by atoms with Crippen LogP contribution < -0.4 is 10.1 Å². The van der Waals surface area contributed by atoms with Gasteiger partial charge in [0.05, 0.1) is 12.2 Å². The van der Waals surface area contributed by atoms with E-state index < -0.39 is 24.5 Å². The largest absolute Gasteiger partial charge is 0.482 e. The molecule has 148 valence electrons. The van der Waals surface area contributed by atoms with Gasteiger partial charge < -0.3 is 19.5 Å². The van der Waals surface area contributed by atoms with E-state index in [0.29, 0.717) is 17.0 Å². The molecular weight excluding hydrogens is 362 g/mol. The topological polar surface area (TPSA) is 90.9 Å². The van der Waals surface area contributed by atoms with Crippen LogP contribution in [0.1, 0.15) is 28.4 Å². The molecule has 0 saturated heterocycles. The fraction of sp³-hybridized carbons (Fsp3) is 0.286. The quantitative estimate of drug-likeness (QED) is 0.703. The molecule has 7 heteroatoms. The Morgan fingerprint density at radius 3 is 2.25 bits per heavy atom. The summed E-state index contributed by atoms with van der Waals surface area (Å²) in [4.78, 5) is 35.2. The molecule has 0 aliphatic heterocycles. The maximum Gasteiger partial charge on any atom is 0.344 e. The first kappa shape index (κ1) is 21.0. The average molecular weight is 385 g/mol. The van der Waals surface area contributed by atoms with Crippen molar-refractivity contribution in [3.05, 3.63) is 59.2 Å². The van der Waals surface area contributed by atoms with E-state index in [1.165, 1.54) is 12.1 Å². The van der Waals surface area contributed by atoms with Crippen LogP contribution in [0.5, 0.6) is 5.75 Å². The van der Waals surface area contributed by atoms with Gasteiger partial charge in [-0.25, -0.2) is 9.59 Å². The second-order valence-corrected chi connectivity index (χ2v) is 6.04. The third kappa shape index (κ3) is 6.42. The number of carbonyl (C=O) groups excluding carboxylic acids is 3. The second-order valence-electron chi connectivity index (χ2n) is 6.04. The van der Waals surface area contributed by atoms with E-state index in [1.54, 1.807) is 25.1 Å². The highest BCUT2D eigenvalue weighted by atomic mass is 16.6. The molecule has 28 heavy (non-hydrogen) atoms. The zero-order valence-corrected chi connectivity index (χ0v) is 16.1. The van der Waals surface area contributed by atoms with Gasteiger partial charge in [0, 0.05) is 5.69 Å². The van der Waals surface area contributed by atoms with Gasteiger partial charge in [-0.1, -0.05) is 6.07 Å². The van der Waals surface area contributed by atoms with Crippen molar-refractivity contribution < 1.29 is 28.6 Å². The van der Waals surface area contributed by atoms with Crippen molar-refractivity contribution >= 4 is 23.5 Å². The molecule has 2 aromatic carbocycles. The Hall–Kier alpha value is -3.35. The molecule has 1 amide bonds. The van der Waals surface area contributed by atoms with Crippen LogP contribution in [0.4, 0.5) is 5.69 Å². The van der Waals surface area contributed by atoms with E-state index >= 15 is 0 Å². The molecule has 0 radical (unpaired) electrons. The Bertz CT molecular complexity index is 844. The average Bonchev–Trinajstić information content (AvgIpc) is 2.68. The van der Waals surface area contributed by atoms with E-state index in [1.807, 2.05) is 26.0 Å². The summed E-state index contributed by atoms with van der Waals surface area (Å²) in [5.74, 6) is -1.02. The number of carbonyl (C=O) groups is 3. The van der Waals surface area contributed by atoms with Crippen LogP contribution in [-0.2, 0) is 19.1 Å². The first-order valence-corrected chi connectivity index (χ1v) is 8.81. The van der Waals surface area contributed by atoms with Crippen molar-refractivity contribution in [2.45, 2.75) is 20.8 Å². The molecule has 0 aromatic heterocycles. The van der Waals surface area contributed by atoms with Gasteiger partial charge in [-0.05, 0) is 68.3 Å². The lowest BCUT2D eigenvalue weighted by atomic mass is 10.1. The summed E-state index contributed by atoms with van der Waals surface area (Å²) in [6.07, 6.45) is 0. The fourth-order valence-corrected chi connectivity index (χ4v) is 2.23. The lowest BCUT2D eigenvalue weighted by Gasteiger charge is -2.09. The van der Waals surface area contributed by atoms with Gasteiger partial charge in [-0.3, -0.25) is 4.79 Å². The number of ether oxygens (including phenoxy) is 3. The highest BCUT2D eigenvalue weighted by Crippen LogP contribution is 2.16. The van der Waals surface area contributed by atoms with Gasteiger partial charge in [-0.15, -0.1) is 0 Å². The number of rotatable bonds is 8. The lowest BCUT2D eigenvalue weighted by Crippen LogP contribution is -2.23. The van der Waals surface area contributed by atoms with Crippen molar-refractivity contribution in [1.29, 1.82) is 0 Å². The van der Waals surface area contributed by atoms with Gasteiger partial charge in [0.15, 0.2) is 13.2 Å². The maximum absolute atomic E-state index is 11.9. The summed E-state index contributed by atoms with van der Waals surface area (Å²) < 4.78 is 15.1. The highest BCUT2D eigenvalue weighted by molar-refractivity contribution is 5.94. The van der Waals surface area contributed by atoms with E-state index in [-0.39, 0.29) is 13.2 Å². The molecule has 0 aliphatic rings. The van der Waals surface area contributed by atoms with Crippen LogP contribution in [0.15, 0.2) is 42.5 Å². The number of aryl methyl sites for hydroxylation is 2. The van der Waals surface area contributed by atoms with E-state index in [4.69, 9.17) is 14.2 Å². The third-order valence-electron chi connectivity index (χ3n) is 3.88. The molecule has 2 rings (SSSR count). The van der Waals surface area contributed by atoms with Crippen LogP contribution >= 0.6 is 0 Å². The molecule has 2 aromatic rings. The van der Waals surface area contributed by atoms with Crippen molar-refractivity contribution in [2.75, 3.05) is 25.1 Å². The lowest BCUT2D eigenvalue weighted by molar-refractivity contribution is -0.149. The van der Waals surface area contributed by atoms with Gasteiger partial charge in [-0.2, -0.15) is 0 Å². The summed E-state index contributed by atoms with van der Waals surface area (Å²) in [6.45, 7) is 5.22. The van der Waals surface area contributed by atoms with Crippen molar-refractivity contribution in [3.8, 4) is 5.75 Å². The van der Waals surface area contributed by atoms with Crippen LogP contribution in [0.3, 0.4) is 0 Å². The van der Waals surface area contributed by atoms with Crippen LogP contribution in [0.25, 0.3) is 0 Å². The molecular formula is C21H23NO6. The summed E-state index contributed by atoms with van der Waals surface area (Å²) in [7, 11) is 0. The minimum absolute atomic E-state index is 0.288. The molecule has 0 aliphatic carbocycles. The van der Waals surface area contributed by atoms with E-state index in [0.717, 1.165) is 11.1 Å². The molecule has 0 saturated carbocycles. The molecule has 0 fully saturated rings. The minimum atomic E-state index is -0.647. The number of amides is 1. The van der Waals surface area contributed by atoms with Gasteiger partial charge >= 0.3 is 11.9 Å². The third-order valence-corrected chi connectivity index (χ3v) is 3.88. The Morgan fingerprint density at radius 1 is 0.893 bits per heavy atom. The number of hydrogen-bond acceptors (Lipinski definition) is 6. The van der Waals surface area contributed by atoms with E-state index in [9.17, 15) is 14.4 Å². The Kier molecular flexibility index (Phi) is 7.56. The zero-order valence-electron chi connectivity index (χ0n) is 16.1. The molecule has 0 bridgehead atoms. The number of hydrogen-bond donors (Lipinski definition) is 1. The first-order chi connectivity index (χ1) is 13.4. The summed E-state index contributed by atoms with van der Waals surface area (Å²) in [5, 5.41) is 2.57. The monoisotopic (exact) mass is 385 g/mol. The molecule has 0 heterocycles. The van der Waals surface area contributed by atoms with Gasteiger partial charge in [0.1, 0.15) is 5.75 Å². The summed E-state index contributed by atoms with van der Waals surface area (Å²) in [6, 6.07) is 11.7. The number of anilines is 1. The highest BCUT2D eigenvalue weighted by Gasteiger charge is 2.10. The molecule has 0 unspecified atom stereocenters. The van der Waals surface area contributed by atoms with Crippen molar-refractivity contribution in [2.24, 2.45) is 0 Å². The van der Waals surface area contributed by atoms with Crippen LogP contribution in [0.2, 0.25) is 0 Å². The number of nitrogens with one attached hydrogen (secondary N) is 1. The van der Waals surface area contributed by atoms with Crippen molar-refractivity contribution in [3.63, 3.8) is 0 Å². The predicted octanol–water partition coefficient (Wildman–Crippen LogP) is 3.04. The van der Waals surface area contributed by atoms with Gasteiger partial charge in [0.2, 0.25) is 0 Å². The summed E-state index contributed by atoms with van der Waals surface area (Å²) in [5.41, 5.74) is 3.04. The SMILES string of the molecule is CCOC(=O)c1ccc(NC(=O)COC(=O)COc2ccc(C)c(C)c2)cc1. The second kappa shape index (κ2) is 10.1. The van der Waals surface area contributed by atoms with Crippen LogP contribution in [0, 0.1) is 13.8 Å². The normalized spacial score (nSPS) is 10.1. The Labute approximate surface area is 163 Å². The Morgan fingerprint density at radius 2 is 1.61 bits per heavy atom. The van der Waals surface area contributed by atoms with Crippen molar-refractivity contribution in [1.82, 2.24) is 0 Å². The minimum Gasteiger partial charge on any atom is -0.482 e. The number of esters is 2.